The Hall–Kier alpha value is -1.20. The van der Waals surface area contributed by atoms with E-state index in [2.05, 4.69) is 45.8 Å². The smallest absolute Gasteiger partial charge is 0.132 e. The summed E-state index contributed by atoms with van der Waals surface area (Å²) in [5, 5.41) is 4.65. The van der Waals surface area contributed by atoms with E-state index in [1.165, 1.54) is 70.3 Å². The van der Waals surface area contributed by atoms with Gasteiger partial charge in [-0.15, -0.1) is 0 Å². The fourth-order valence-electron chi connectivity index (χ4n) is 5.83. The summed E-state index contributed by atoms with van der Waals surface area (Å²) >= 11 is 0. The van der Waals surface area contributed by atoms with Gasteiger partial charge in [0, 0.05) is 37.3 Å². The Kier molecular flexibility index (Phi) is 9.15. The van der Waals surface area contributed by atoms with Crippen molar-refractivity contribution in [1.82, 2.24) is 19.6 Å². The van der Waals surface area contributed by atoms with Gasteiger partial charge < -0.3 is 9.80 Å². The van der Waals surface area contributed by atoms with Crippen LogP contribution in [0.2, 0.25) is 0 Å². The molecule has 0 bridgehead atoms. The van der Waals surface area contributed by atoms with E-state index in [0.717, 1.165) is 24.9 Å². The molecule has 0 N–H and O–H groups in total. The molecule has 1 aromatic rings. The van der Waals surface area contributed by atoms with Crippen LogP contribution in [0.5, 0.6) is 0 Å². The predicted molar refractivity (Wildman–Crippen MR) is 129 cm³/mol. The van der Waals surface area contributed by atoms with Crippen LogP contribution in [0.25, 0.3) is 0 Å². The van der Waals surface area contributed by atoms with Gasteiger partial charge in [-0.2, -0.15) is 5.10 Å². The molecule has 31 heavy (non-hydrogen) atoms. The molecule has 1 saturated carbocycles. The second-order valence-corrected chi connectivity index (χ2v) is 10.1. The van der Waals surface area contributed by atoms with Crippen LogP contribution in [-0.2, 0) is 4.79 Å². The van der Waals surface area contributed by atoms with E-state index in [1.54, 1.807) is 6.92 Å². The molecule has 3 fully saturated rings. The van der Waals surface area contributed by atoms with Gasteiger partial charge in [0.2, 0.25) is 0 Å². The Morgan fingerprint density at radius 3 is 1.77 bits per heavy atom. The number of nitrogens with zero attached hydrogens (tertiary/aromatic N) is 4. The van der Waals surface area contributed by atoms with Crippen LogP contribution in [0.1, 0.15) is 104 Å². The fourth-order valence-corrected chi connectivity index (χ4v) is 5.83. The molecule has 0 radical (unpaired) electrons. The van der Waals surface area contributed by atoms with Gasteiger partial charge in [0.25, 0.3) is 0 Å². The molecule has 3 heterocycles. The van der Waals surface area contributed by atoms with Crippen molar-refractivity contribution in [3.63, 3.8) is 0 Å². The Bertz CT molecular complexity index is 661. The van der Waals surface area contributed by atoms with Crippen molar-refractivity contribution in [3.05, 3.63) is 18.0 Å². The summed E-state index contributed by atoms with van der Waals surface area (Å²) < 4.78 is 2.23. The summed E-state index contributed by atoms with van der Waals surface area (Å²) in [6.45, 7) is 15.2. The van der Waals surface area contributed by atoms with Crippen molar-refractivity contribution < 1.29 is 4.79 Å². The molecule has 4 rings (SSSR count). The molecule has 0 unspecified atom stereocenters. The van der Waals surface area contributed by atoms with E-state index in [4.69, 9.17) is 0 Å². The number of Topliss-reactive ketones (excluding diaryl/α,β-unsaturated/α-hetero) is 1. The molecule has 0 atom stereocenters. The second-order valence-electron chi connectivity index (χ2n) is 10.1. The molecule has 0 spiro atoms. The van der Waals surface area contributed by atoms with Gasteiger partial charge >= 0.3 is 0 Å². The quantitative estimate of drug-likeness (QED) is 0.637. The number of aromatic nitrogens is 2. The third kappa shape index (κ3) is 6.19. The second kappa shape index (κ2) is 11.6. The van der Waals surface area contributed by atoms with Crippen molar-refractivity contribution >= 4 is 5.78 Å². The molecule has 0 aromatic carbocycles. The third-order valence-electron chi connectivity index (χ3n) is 7.96. The molecule has 0 amide bonds. The van der Waals surface area contributed by atoms with E-state index in [-0.39, 0.29) is 0 Å². The molecule has 5 heteroatoms. The lowest BCUT2D eigenvalue weighted by Crippen LogP contribution is -2.50. The van der Waals surface area contributed by atoms with Gasteiger partial charge in [0.15, 0.2) is 0 Å². The van der Waals surface area contributed by atoms with Crippen LogP contribution >= 0.6 is 0 Å². The number of rotatable bonds is 5. The predicted octanol–water partition coefficient (Wildman–Crippen LogP) is 5.28. The summed E-state index contributed by atoms with van der Waals surface area (Å²) in [6.07, 6.45) is 14.1. The topological polar surface area (TPSA) is 41.4 Å². The lowest BCUT2D eigenvalue weighted by Gasteiger charge is -2.45. The summed E-state index contributed by atoms with van der Waals surface area (Å²) in [4.78, 5) is 17.1. The first kappa shape index (κ1) is 24.4. The number of ketones is 1. The Balaban J connectivity index is 0.00000132. The number of carbonyl (C=O) groups excluding carboxylic acids is 1. The average molecular weight is 431 g/mol. The molecule has 1 aromatic heterocycles. The van der Waals surface area contributed by atoms with Crippen molar-refractivity contribution in [2.75, 3.05) is 26.2 Å². The Morgan fingerprint density at radius 1 is 0.839 bits per heavy atom. The minimum absolute atomic E-state index is 0.344. The summed E-state index contributed by atoms with van der Waals surface area (Å²) in [5.41, 5.74) is 1.36. The van der Waals surface area contributed by atoms with E-state index < -0.39 is 0 Å². The normalized spacial score (nSPS) is 27.2. The number of likely N-dealkylation sites (tertiary alicyclic amines) is 2. The van der Waals surface area contributed by atoms with Gasteiger partial charge in [0.05, 0.1) is 12.2 Å². The highest BCUT2D eigenvalue weighted by atomic mass is 16.1. The summed E-state index contributed by atoms with van der Waals surface area (Å²) in [5.74, 6) is 1.31. The molecular weight excluding hydrogens is 384 g/mol. The minimum atomic E-state index is 0.344. The van der Waals surface area contributed by atoms with Gasteiger partial charge in [-0.05, 0) is 82.9 Å². The van der Waals surface area contributed by atoms with Crippen molar-refractivity contribution in [1.29, 1.82) is 0 Å². The molecule has 2 aliphatic heterocycles. The van der Waals surface area contributed by atoms with Crippen LogP contribution < -0.4 is 0 Å². The maximum absolute atomic E-state index is 11.6. The lowest BCUT2D eigenvalue weighted by atomic mass is 9.82. The first-order chi connectivity index (χ1) is 15.0. The molecule has 5 nitrogen and oxygen atoms in total. The molecule has 2 saturated heterocycles. The zero-order chi connectivity index (χ0) is 22.4. The van der Waals surface area contributed by atoms with Gasteiger partial charge in [-0.3, -0.25) is 9.48 Å². The molecule has 3 aliphatic rings. The molecular formula is C26H46N4O. The van der Waals surface area contributed by atoms with Crippen LogP contribution in [0.4, 0.5) is 0 Å². The zero-order valence-electron chi connectivity index (χ0n) is 20.7. The van der Waals surface area contributed by atoms with Crippen LogP contribution in [0, 0.1) is 5.92 Å². The van der Waals surface area contributed by atoms with Gasteiger partial charge in [-0.25, -0.2) is 0 Å². The monoisotopic (exact) mass is 430 g/mol. The van der Waals surface area contributed by atoms with Gasteiger partial charge in [0.1, 0.15) is 5.78 Å². The van der Waals surface area contributed by atoms with E-state index in [9.17, 15) is 4.79 Å². The maximum Gasteiger partial charge on any atom is 0.132 e. The highest BCUT2D eigenvalue weighted by molar-refractivity contribution is 5.78. The fraction of sp³-hybridized carbons (Fsp3) is 0.846. The highest BCUT2D eigenvalue weighted by Gasteiger charge is 2.33. The largest absolute Gasteiger partial charge is 0.300 e. The first-order valence-electron chi connectivity index (χ1n) is 13.0. The molecule has 176 valence electrons. The average Bonchev–Trinajstić information content (AvgIpc) is 3.32. The Labute approximate surface area is 190 Å². The highest BCUT2D eigenvalue weighted by Crippen LogP contribution is 2.32. The number of hydrogen-bond donors (Lipinski definition) is 0. The first-order valence-corrected chi connectivity index (χ1v) is 13.0. The minimum Gasteiger partial charge on any atom is -0.300 e. The summed E-state index contributed by atoms with van der Waals surface area (Å²) in [7, 11) is 0. The zero-order valence-corrected chi connectivity index (χ0v) is 20.7. The third-order valence-corrected chi connectivity index (χ3v) is 7.96. The van der Waals surface area contributed by atoms with Crippen LogP contribution in [0.15, 0.2) is 12.4 Å². The van der Waals surface area contributed by atoms with E-state index >= 15 is 0 Å². The maximum atomic E-state index is 11.6. The van der Waals surface area contributed by atoms with Crippen LogP contribution in [-0.4, -0.2) is 63.6 Å². The molecule has 1 aliphatic carbocycles. The lowest BCUT2D eigenvalue weighted by molar-refractivity contribution is -0.122. The SMILES string of the molecule is CC.CC(=O)C1CCC(N2CCC(N3CCC(n4cc(C(C)C)cn4)CC3)CC2)CC1. The standard InChI is InChI=1S/C24H40N4O.C2H6/c1-18(2)21-16-25-28(17-21)24-10-14-27(15-11-24)23-8-12-26(13-9-23)22-6-4-20(5-7-22)19(3)29;1-2/h16-18,20,22-24H,4-15H2,1-3H3;1-2H3. The van der Waals surface area contributed by atoms with Crippen molar-refractivity contribution in [2.45, 2.75) is 110 Å². The Morgan fingerprint density at radius 2 is 1.32 bits per heavy atom. The van der Waals surface area contributed by atoms with E-state index in [0.29, 0.717) is 23.7 Å². The van der Waals surface area contributed by atoms with Gasteiger partial charge in [-0.1, -0.05) is 27.7 Å². The summed E-state index contributed by atoms with van der Waals surface area (Å²) in [6, 6.07) is 2.08. The van der Waals surface area contributed by atoms with Crippen LogP contribution in [0.3, 0.4) is 0 Å². The van der Waals surface area contributed by atoms with Crippen molar-refractivity contribution in [2.24, 2.45) is 5.92 Å². The van der Waals surface area contributed by atoms with E-state index in [1.807, 2.05) is 13.8 Å². The van der Waals surface area contributed by atoms with Crippen molar-refractivity contribution in [3.8, 4) is 0 Å². The number of hydrogen-bond acceptors (Lipinski definition) is 4. The number of piperidine rings is 2. The number of carbonyl (C=O) groups is 1.